The number of carboxylic acids is 1. The second-order valence-corrected chi connectivity index (χ2v) is 24.2. The van der Waals surface area contributed by atoms with Gasteiger partial charge in [-0.2, -0.15) is 23.5 Å². The molecule has 0 saturated heterocycles. The molecule has 25 nitrogen and oxygen atoms in total. The van der Waals surface area contributed by atoms with E-state index in [4.69, 9.17) is 11.5 Å². The summed E-state index contributed by atoms with van der Waals surface area (Å²) in [5.41, 5.74) is 13.4. The molecule has 3 rings (SSSR count). The van der Waals surface area contributed by atoms with Crippen LogP contribution in [0.4, 0.5) is 0 Å². The standard InChI is InChI=1S/C61H89N11O14S2/c1-9-36(6)51(61(85)86)72-59(83)48(33-73)70-53(77)42(25-27-88-8)64-55(79)44(29-37-16-12-10-13-17-37)67-58(82)47(32-49(63)75)68-54(78)43(28-34(2)3)65-56(80)45(30-38-18-14-11-15-19-38)66-57(81)46(31-39-20-22-40(74)23-21-39)69-60(84)50(35(4)5)71-52(76)41(62)24-26-87-7/h10-23,34-36,41-48,50-51,73-74H,9,24-33,62H2,1-8H3,(H2,63,75)(H,64,79)(H,65,80)(H,66,81)(H,67,82)(H,68,78)(H,69,84)(H,70,77)(H,71,76)(H,72,83)(H,85,86)/t36-,41-,42-,43-,44-,45-,46-,47-,48-,50-,51-/m0/s1. The fourth-order valence-corrected chi connectivity index (χ4v) is 9.97. The summed E-state index contributed by atoms with van der Waals surface area (Å²) in [7, 11) is 0. The van der Waals surface area contributed by atoms with Crippen LogP contribution in [0.5, 0.6) is 5.75 Å². The summed E-state index contributed by atoms with van der Waals surface area (Å²) in [4.78, 5) is 152. The molecule has 0 aromatic heterocycles. The first-order valence-electron chi connectivity index (χ1n) is 29.2. The molecule has 0 aliphatic carbocycles. The summed E-state index contributed by atoms with van der Waals surface area (Å²) in [6.45, 7) is 9.33. The monoisotopic (exact) mass is 1260 g/mol. The summed E-state index contributed by atoms with van der Waals surface area (Å²) in [5.74, 6) is -10.6. The molecule has 0 bridgehead atoms. The number of carbonyl (C=O) groups excluding carboxylic acids is 10. The highest BCUT2D eigenvalue weighted by Gasteiger charge is 2.37. The minimum absolute atomic E-state index is 0.0142. The first-order chi connectivity index (χ1) is 41.7. The van der Waals surface area contributed by atoms with E-state index < -0.39 is 150 Å². The molecule has 3 aromatic rings. The van der Waals surface area contributed by atoms with Crippen LogP contribution >= 0.6 is 23.5 Å². The highest BCUT2D eigenvalue weighted by Crippen LogP contribution is 2.16. The lowest BCUT2D eigenvalue weighted by atomic mass is 9.99. The number of hydrogen-bond acceptors (Lipinski definition) is 16. The first-order valence-corrected chi connectivity index (χ1v) is 31.9. The van der Waals surface area contributed by atoms with Crippen molar-refractivity contribution in [1.29, 1.82) is 0 Å². The largest absolute Gasteiger partial charge is 0.508 e. The smallest absolute Gasteiger partial charge is 0.326 e. The lowest BCUT2D eigenvalue weighted by molar-refractivity contribution is -0.144. The van der Waals surface area contributed by atoms with Gasteiger partial charge in [-0.15, -0.1) is 0 Å². The van der Waals surface area contributed by atoms with Gasteiger partial charge in [0.05, 0.1) is 19.1 Å². The van der Waals surface area contributed by atoms with Crippen molar-refractivity contribution >= 4 is 88.6 Å². The van der Waals surface area contributed by atoms with Gasteiger partial charge in [-0.1, -0.05) is 121 Å². The Bertz CT molecular complexity index is 2780. The van der Waals surface area contributed by atoms with Crippen LogP contribution in [0.3, 0.4) is 0 Å². The fourth-order valence-electron chi connectivity index (χ4n) is 9.01. The van der Waals surface area contributed by atoms with Crippen molar-refractivity contribution in [3.05, 3.63) is 102 Å². The number of carboxylic acid groups (broad SMARTS) is 1. The molecule has 484 valence electrons. The van der Waals surface area contributed by atoms with E-state index in [1.807, 2.05) is 6.26 Å². The Morgan fingerprint density at radius 3 is 1.31 bits per heavy atom. The van der Waals surface area contributed by atoms with Gasteiger partial charge < -0.3 is 74.6 Å². The molecule has 16 N–H and O–H groups in total. The Hall–Kier alpha value is -7.75. The summed E-state index contributed by atoms with van der Waals surface area (Å²) in [6, 6.07) is 8.97. The topological polar surface area (TPSA) is 409 Å². The van der Waals surface area contributed by atoms with E-state index >= 15 is 0 Å². The summed E-state index contributed by atoms with van der Waals surface area (Å²) in [5, 5.41) is 53.3. The highest BCUT2D eigenvalue weighted by molar-refractivity contribution is 7.98. The van der Waals surface area contributed by atoms with Crippen LogP contribution in [0.1, 0.15) is 90.3 Å². The summed E-state index contributed by atoms with van der Waals surface area (Å²) >= 11 is 2.83. The molecule has 0 radical (unpaired) electrons. The number of phenolic OH excluding ortho intramolecular Hbond substituents is 1. The maximum absolute atomic E-state index is 14.7. The van der Waals surface area contributed by atoms with Crippen LogP contribution in [0, 0.1) is 17.8 Å². The number of aliphatic hydroxyl groups is 1. The molecule has 10 amide bonds. The quantitative estimate of drug-likeness (QED) is 0.0366. The molecule has 0 saturated carbocycles. The van der Waals surface area contributed by atoms with Crippen molar-refractivity contribution in [2.75, 3.05) is 30.6 Å². The number of amides is 10. The van der Waals surface area contributed by atoms with E-state index in [0.717, 1.165) is 0 Å². The maximum Gasteiger partial charge on any atom is 0.326 e. The zero-order chi connectivity index (χ0) is 65.6. The lowest BCUT2D eigenvalue weighted by Gasteiger charge is -2.29. The predicted molar refractivity (Wildman–Crippen MR) is 336 cm³/mol. The van der Waals surface area contributed by atoms with E-state index in [9.17, 15) is 68.1 Å². The van der Waals surface area contributed by atoms with E-state index in [2.05, 4.69) is 47.9 Å². The summed E-state index contributed by atoms with van der Waals surface area (Å²) < 4.78 is 0. The van der Waals surface area contributed by atoms with Crippen LogP contribution < -0.4 is 59.3 Å². The SMILES string of the molecule is CC[C@H](C)[C@H](NC(=O)[C@H](CO)NC(=O)[C@H](CCSC)NC(=O)[C@H](Cc1ccccc1)NC(=O)[C@H](CC(N)=O)NC(=O)[C@H](CC(C)C)NC(=O)[C@H](Cc1ccccc1)NC(=O)[C@H](Cc1ccc(O)cc1)NC(=O)[C@@H](NC(=O)[C@@H](N)CCSC)C(C)C)C(=O)O. The van der Waals surface area contributed by atoms with Crippen molar-refractivity contribution in [2.24, 2.45) is 29.2 Å². The Labute approximate surface area is 522 Å². The van der Waals surface area contributed by atoms with Crippen LogP contribution in [0.25, 0.3) is 0 Å². The number of aromatic hydroxyl groups is 1. The van der Waals surface area contributed by atoms with Gasteiger partial charge in [-0.05, 0) is 89.9 Å². The number of hydrogen-bond donors (Lipinski definition) is 14. The van der Waals surface area contributed by atoms with Crippen molar-refractivity contribution in [1.82, 2.24) is 47.9 Å². The number of benzene rings is 3. The molecule has 11 atom stereocenters. The molecule has 0 spiro atoms. The van der Waals surface area contributed by atoms with E-state index in [-0.39, 0.29) is 43.8 Å². The second kappa shape index (κ2) is 38.5. The Morgan fingerprint density at radius 1 is 0.477 bits per heavy atom. The zero-order valence-corrected chi connectivity index (χ0v) is 52.8. The minimum Gasteiger partial charge on any atom is -0.508 e. The Kier molecular flexibility index (Phi) is 32.6. The molecule has 0 aliphatic heterocycles. The lowest BCUT2D eigenvalue weighted by Crippen LogP contribution is -2.62. The average Bonchev–Trinajstić information content (AvgIpc) is 3.59. The maximum atomic E-state index is 14.7. The molecule has 88 heavy (non-hydrogen) atoms. The number of aliphatic carboxylic acids is 1. The number of phenols is 1. The Morgan fingerprint density at radius 2 is 0.864 bits per heavy atom. The van der Waals surface area contributed by atoms with Crippen molar-refractivity contribution in [3.8, 4) is 5.75 Å². The molecular weight excluding hydrogens is 1170 g/mol. The van der Waals surface area contributed by atoms with Crippen molar-refractivity contribution < 1.29 is 68.1 Å². The van der Waals surface area contributed by atoms with Crippen LogP contribution in [-0.4, -0.2) is 171 Å². The second-order valence-electron chi connectivity index (χ2n) is 22.3. The van der Waals surface area contributed by atoms with Gasteiger partial charge in [-0.25, -0.2) is 4.79 Å². The van der Waals surface area contributed by atoms with Gasteiger partial charge in [0.1, 0.15) is 60.1 Å². The van der Waals surface area contributed by atoms with E-state index in [1.165, 1.54) is 35.7 Å². The number of nitrogens with one attached hydrogen (secondary N) is 9. The van der Waals surface area contributed by atoms with Crippen LogP contribution in [-0.2, 0) is 72.0 Å². The van der Waals surface area contributed by atoms with Crippen molar-refractivity contribution in [3.63, 3.8) is 0 Å². The zero-order valence-electron chi connectivity index (χ0n) is 51.2. The van der Waals surface area contributed by atoms with Crippen molar-refractivity contribution in [2.45, 2.75) is 153 Å². The predicted octanol–water partition coefficient (Wildman–Crippen LogP) is 0.317. The van der Waals surface area contributed by atoms with Gasteiger partial charge in [-0.3, -0.25) is 47.9 Å². The average molecular weight is 1260 g/mol. The van der Waals surface area contributed by atoms with E-state index in [0.29, 0.717) is 41.0 Å². The fraction of sp³-hybridized carbons (Fsp3) is 0.525. The molecule has 27 heteroatoms. The Balaban J connectivity index is 1.99. The molecule has 3 aromatic carbocycles. The number of primary amides is 1. The molecule has 0 heterocycles. The van der Waals surface area contributed by atoms with Gasteiger partial charge in [0.25, 0.3) is 0 Å². The third-order valence-electron chi connectivity index (χ3n) is 14.3. The van der Waals surface area contributed by atoms with Gasteiger partial charge >= 0.3 is 5.97 Å². The minimum atomic E-state index is -1.76. The number of thioether (sulfide) groups is 2. The van der Waals surface area contributed by atoms with Gasteiger partial charge in [0, 0.05) is 19.3 Å². The van der Waals surface area contributed by atoms with E-state index in [1.54, 1.807) is 121 Å². The highest BCUT2D eigenvalue weighted by atomic mass is 32.2. The first kappa shape index (κ1) is 74.5. The van der Waals surface area contributed by atoms with Gasteiger partial charge in [0.2, 0.25) is 59.1 Å². The number of carbonyl (C=O) groups is 11. The molecule has 0 aliphatic rings. The summed E-state index contributed by atoms with van der Waals surface area (Å²) in [6.07, 6.45) is 3.02. The van der Waals surface area contributed by atoms with Gasteiger partial charge in [0.15, 0.2) is 0 Å². The number of rotatable bonds is 39. The molecule has 0 unspecified atom stereocenters. The number of nitrogens with two attached hydrogens (primary N) is 2. The van der Waals surface area contributed by atoms with Crippen LogP contribution in [0.15, 0.2) is 84.9 Å². The molecular formula is C61H89N11O14S2. The normalized spacial score (nSPS) is 15.0. The number of aliphatic hydroxyl groups excluding tert-OH is 1. The van der Waals surface area contributed by atoms with Crippen LogP contribution in [0.2, 0.25) is 0 Å². The molecule has 0 fully saturated rings. The third-order valence-corrected chi connectivity index (χ3v) is 15.6. The third kappa shape index (κ3) is 25.9.